The van der Waals surface area contributed by atoms with Gasteiger partial charge in [0.2, 0.25) is 5.91 Å². The van der Waals surface area contributed by atoms with Crippen molar-refractivity contribution in [3.8, 4) is 0 Å². The van der Waals surface area contributed by atoms with E-state index in [0.29, 0.717) is 5.92 Å². The maximum atomic E-state index is 13.2. The third kappa shape index (κ3) is 5.34. The molecule has 1 unspecified atom stereocenters. The van der Waals surface area contributed by atoms with Gasteiger partial charge in [-0.2, -0.15) is 0 Å². The predicted molar refractivity (Wildman–Crippen MR) is 125 cm³/mol. The molecule has 1 aliphatic heterocycles. The smallest absolute Gasteiger partial charge is 0.242 e. The second-order valence-corrected chi connectivity index (χ2v) is 8.77. The standard InChI is InChI=1S/C24H32N6O/c1-17(2)10-11-21(28-18-7-4-3-5-8-18)24(31)29-19-9-6-14-30(15-19)23-20-12-13-25-22(20)26-16-27-23/h3-5,7-8,12-13,16-17,19,21,28H,6,9-11,14-15H2,1-2H3,(H,29,31)(H,25,26,27)/t19?,21-/m1/s1. The number of carbonyl (C=O) groups excluding carboxylic acids is 1. The molecule has 0 saturated carbocycles. The average molecular weight is 421 g/mol. The lowest BCUT2D eigenvalue weighted by molar-refractivity contribution is -0.122. The van der Waals surface area contributed by atoms with Crippen molar-refractivity contribution >= 4 is 28.4 Å². The zero-order chi connectivity index (χ0) is 21.6. The highest BCUT2D eigenvalue weighted by Crippen LogP contribution is 2.25. The lowest BCUT2D eigenvalue weighted by Crippen LogP contribution is -2.51. The van der Waals surface area contributed by atoms with Crippen LogP contribution in [0, 0.1) is 5.92 Å². The number of benzene rings is 1. The largest absolute Gasteiger partial charge is 0.374 e. The van der Waals surface area contributed by atoms with Gasteiger partial charge >= 0.3 is 0 Å². The number of nitrogens with zero attached hydrogens (tertiary/aromatic N) is 3. The molecule has 0 aliphatic carbocycles. The number of amides is 1. The number of rotatable bonds is 8. The van der Waals surface area contributed by atoms with Gasteiger partial charge in [0.15, 0.2) is 0 Å². The Hall–Kier alpha value is -3.09. The van der Waals surface area contributed by atoms with E-state index in [4.69, 9.17) is 0 Å². The Morgan fingerprint density at radius 2 is 2.03 bits per heavy atom. The van der Waals surface area contributed by atoms with Gasteiger partial charge in [-0.1, -0.05) is 32.0 Å². The van der Waals surface area contributed by atoms with Crippen molar-refractivity contribution in [2.75, 3.05) is 23.3 Å². The maximum Gasteiger partial charge on any atom is 0.242 e. The summed E-state index contributed by atoms with van der Waals surface area (Å²) in [5.74, 6) is 1.56. The predicted octanol–water partition coefficient (Wildman–Crippen LogP) is 3.96. The number of fused-ring (bicyclic) bond motifs is 1. The van der Waals surface area contributed by atoms with Crippen molar-refractivity contribution < 1.29 is 4.79 Å². The van der Waals surface area contributed by atoms with Crippen LogP contribution in [0.5, 0.6) is 0 Å². The van der Waals surface area contributed by atoms with Crippen LogP contribution in [-0.2, 0) is 4.79 Å². The number of carbonyl (C=O) groups is 1. The van der Waals surface area contributed by atoms with E-state index < -0.39 is 0 Å². The van der Waals surface area contributed by atoms with Crippen LogP contribution in [0.2, 0.25) is 0 Å². The third-order valence-electron chi connectivity index (χ3n) is 5.86. The molecule has 3 N–H and O–H groups in total. The first kappa shape index (κ1) is 21.2. The van der Waals surface area contributed by atoms with Crippen molar-refractivity contribution in [3.63, 3.8) is 0 Å². The number of anilines is 2. The highest BCUT2D eigenvalue weighted by molar-refractivity contribution is 5.87. The van der Waals surface area contributed by atoms with Crippen molar-refractivity contribution in [3.05, 3.63) is 48.9 Å². The first-order chi connectivity index (χ1) is 15.1. The van der Waals surface area contributed by atoms with E-state index in [-0.39, 0.29) is 18.0 Å². The van der Waals surface area contributed by atoms with Crippen LogP contribution in [0.1, 0.15) is 39.5 Å². The van der Waals surface area contributed by atoms with Crippen LogP contribution >= 0.6 is 0 Å². The van der Waals surface area contributed by atoms with Gasteiger partial charge in [0.05, 0.1) is 5.39 Å². The zero-order valence-electron chi connectivity index (χ0n) is 18.3. The highest BCUT2D eigenvalue weighted by atomic mass is 16.2. The molecule has 2 aromatic heterocycles. The molecule has 1 amide bonds. The SMILES string of the molecule is CC(C)CC[C@@H](Nc1ccccc1)C(=O)NC1CCCN(c2ncnc3[nH]ccc23)C1. The zero-order valence-corrected chi connectivity index (χ0v) is 18.3. The lowest BCUT2D eigenvalue weighted by Gasteiger charge is -2.35. The second kappa shape index (κ2) is 9.81. The van der Waals surface area contributed by atoms with Gasteiger partial charge < -0.3 is 20.5 Å². The highest BCUT2D eigenvalue weighted by Gasteiger charge is 2.27. The molecule has 3 aromatic rings. The van der Waals surface area contributed by atoms with Crippen molar-refractivity contribution in [1.82, 2.24) is 20.3 Å². The Balaban J connectivity index is 1.43. The molecule has 4 rings (SSSR count). The van der Waals surface area contributed by atoms with Crippen molar-refractivity contribution in [1.29, 1.82) is 0 Å². The third-order valence-corrected chi connectivity index (χ3v) is 5.86. The Labute approximate surface area is 183 Å². The Kier molecular flexibility index (Phi) is 6.70. The fraction of sp³-hybridized carbons (Fsp3) is 0.458. The molecule has 0 radical (unpaired) electrons. The average Bonchev–Trinajstić information content (AvgIpc) is 3.26. The van der Waals surface area contributed by atoms with Gasteiger partial charge in [0, 0.05) is 31.0 Å². The molecular weight excluding hydrogens is 388 g/mol. The minimum atomic E-state index is -0.240. The monoisotopic (exact) mass is 420 g/mol. The normalized spacial score (nSPS) is 17.6. The fourth-order valence-corrected chi connectivity index (χ4v) is 4.20. The summed E-state index contributed by atoms with van der Waals surface area (Å²) in [5, 5.41) is 7.77. The van der Waals surface area contributed by atoms with Crippen LogP contribution in [-0.4, -0.2) is 46.0 Å². The molecule has 0 bridgehead atoms. The number of hydrogen-bond donors (Lipinski definition) is 3. The number of H-pyrrole nitrogens is 1. The van der Waals surface area contributed by atoms with E-state index >= 15 is 0 Å². The van der Waals surface area contributed by atoms with Crippen LogP contribution in [0.25, 0.3) is 11.0 Å². The quantitative estimate of drug-likeness (QED) is 0.514. The summed E-state index contributed by atoms with van der Waals surface area (Å²) in [4.78, 5) is 27.4. The summed E-state index contributed by atoms with van der Waals surface area (Å²) in [6.07, 6.45) is 7.30. The number of hydrogen-bond acceptors (Lipinski definition) is 5. The van der Waals surface area contributed by atoms with Gasteiger partial charge in [-0.15, -0.1) is 0 Å². The van der Waals surface area contributed by atoms with Gasteiger partial charge in [-0.05, 0) is 49.8 Å². The first-order valence-corrected chi connectivity index (χ1v) is 11.2. The minimum absolute atomic E-state index is 0.0748. The maximum absolute atomic E-state index is 13.2. The van der Waals surface area contributed by atoms with Crippen molar-refractivity contribution in [2.24, 2.45) is 5.92 Å². The molecule has 3 heterocycles. The number of piperidine rings is 1. The van der Waals surface area contributed by atoms with E-state index in [2.05, 4.69) is 44.3 Å². The molecule has 164 valence electrons. The molecule has 0 spiro atoms. The molecule has 31 heavy (non-hydrogen) atoms. The number of para-hydroxylation sites is 1. The molecule has 7 heteroatoms. The van der Waals surface area contributed by atoms with E-state index in [1.54, 1.807) is 6.33 Å². The van der Waals surface area contributed by atoms with Gasteiger partial charge in [0.25, 0.3) is 0 Å². The van der Waals surface area contributed by atoms with E-state index in [1.807, 2.05) is 42.6 Å². The number of aromatic nitrogens is 3. The Morgan fingerprint density at radius 3 is 2.84 bits per heavy atom. The van der Waals surface area contributed by atoms with E-state index in [0.717, 1.165) is 61.3 Å². The Morgan fingerprint density at radius 1 is 1.19 bits per heavy atom. The summed E-state index contributed by atoms with van der Waals surface area (Å²) in [7, 11) is 0. The summed E-state index contributed by atoms with van der Waals surface area (Å²) in [6.45, 7) is 6.08. The van der Waals surface area contributed by atoms with Crippen LogP contribution < -0.4 is 15.5 Å². The molecular formula is C24H32N6O. The molecule has 1 aliphatic rings. The number of aromatic amines is 1. The van der Waals surface area contributed by atoms with Gasteiger partial charge in [-0.3, -0.25) is 4.79 Å². The molecule has 7 nitrogen and oxygen atoms in total. The fourth-order valence-electron chi connectivity index (χ4n) is 4.20. The van der Waals surface area contributed by atoms with Crippen LogP contribution in [0.3, 0.4) is 0 Å². The van der Waals surface area contributed by atoms with Crippen LogP contribution in [0.15, 0.2) is 48.9 Å². The Bertz CT molecular complexity index is 986. The molecule has 2 atom stereocenters. The topological polar surface area (TPSA) is 85.9 Å². The van der Waals surface area contributed by atoms with E-state index in [1.165, 1.54) is 0 Å². The van der Waals surface area contributed by atoms with Crippen molar-refractivity contribution in [2.45, 2.75) is 51.6 Å². The molecule has 1 fully saturated rings. The van der Waals surface area contributed by atoms with E-state index in [9.17, 15) is 4.79 Å². The van der Waals surface area contributed by atoms with Gasteiger partial charge in [-0.25, -0.2) is 9.97 Å². The summed E-state index contributed by atoms with van der Waals surface area (Å²) >= 11 is 0. The first-order valence-electron chi connectivity index (χ1n) is 11.2. The minimum Gasteiger partial charge on any atom is -0.374 e. The summed E-state index contributed by atoms with van der Waals surface area (Å²) in [5.41, 5.74) is 1.82. The van der Waals surface area contributed by atoms with Gasteiger partial charge in [0.1, 0.15) is 23.8 Å². The number of nitrogens with one attached hydrogen (secondary N) is 3. The molecule has 1 saturated heterocycles. The lowest BCUT2D eigenvalue weighted by atomic mass is 10.0. The molecule has 1 aromatic carbocycles. The summed E-state index contributed by atoms with van der Waals surface area (Å²) in [6, 6.07) is 11.9. The summed E-state index contributed by atoms with van der Waals surface area (Å²) < 4.78 is 0. The second-order valence-electron chi connectivity index (χ2n) is 8.77. The van der Waals surface area contributed by atoms with Crippen LogP contribution in [0.4, 0.5) is 11.5 Å².